The van der Waals surface area contributed by atoms with Crippen molar-refractivity contribution in [3.63, 3.8) is 0 Å². The van der Waals surface area contributed by atoms with Crippen molar-refractivity contribution in [1.82, 2.24) is 0 Å². The number of rotatable bonds is 1. The molecule has 2 aliphatic carbocycles. The summed E-state index contributed by atoms with van der Waals surface area (Å²) < 4.78 is 1.05. The van der Waals surface area contributed by atoms with Crippen molar-refractivity contribution < 1.29 is 14.4 Å². The first-order valence-electron chi connectivity index (χ1n) is 9.97. The highest BCUT2D eigenvalue weighted by Crippen LogP contribution is 2.57. The van der Waals surface area contributed by atoms with Gasteiger partial charge in [0.1, 0.15) is 11.6 Å². The Balaban J connectivity index is 1.83. The van der Waals surface area contributed by atoms with Crippen LogP contribution in [0.3, 0.4) is 0 Å². The zero-order chi connectivity index (χ0) is 19.9. The summed E-state index contributed by atoms with van der Waals surface area (Å²) in [6.07, 6.45) is 2.47. The molecule has 5 heteroatoms. The monoisotopic (exact) mass is 414 g/mol. The SMILES string of the molecule is CC1(C)CC(=O)C2(CC(=C3SCCCS3)C(=O)CC2c2ccccc2)C(=O)C1. The smallest absolute Gasteiger partial charge is 0.161 e. The first-order chi connectivity index (χ1) is 13.3. The lowest BCUT2D eigenvalue weighted by Gasteiger charge is -2.48. The maximum absolute atomic E-state index is 13.5. The van der Waals surface area contributed by atoms with E-state index in [0.717, 1.165) is 33.3 Å². The number of allylic oxidation sites excluding steroid dienone is 1. The average Bonchev–Trinajstić information content (AvgIpc) is 2.67. The average molecular weight is 415 g/mol. The fourth-order valence-electron chi connectivity index (χ4n) is 4.85. The molecule has 0 bridgehead atoms. The molecule has 1 unspecified atom stereocenters. The topological polar surface area (TPSA) is 51.2 Å². The number of carbonyl (C=O) groups excluding carboxylic acids is 3. The molecule has 1 aromatic carbocycles. The van der Waals surface area contributed by atoms with E-state index >= 15 is 0 Å². The van der Waals surface area contributed by atoms with Crippen LogP contribution in [-0.4, -0.2) is 28.9 Å². The minimum Gasteiger partial charge on any atom is -0.299 e. The second kappa shape index (κ2) is 7.49. The van der Waals surface area contributed by atoms with Gasteiger partial charge in [0.15, 0.2) is 5.78 Å². The molecule has 3 fully saturated rings. The number of thioether (sulfide) groups is 2. The predicted molar refractivity (Wildman–Crippen MR) is 115 cm³/mol. The van der Waals surface area contributed by atoms with E-state index in [1.807, 2.05) is 44.2 Å². The molecule has 0 amide bonds. The predicted octanol–water partition coefficient (Wildman–Crippen LogP) is 5.16. The van der Waals surface area contributed by atoms with Gasteiger partial charge in [-0.1, -0.05) is 44.2 Å². The van der Waals surface area contributed by atoms with Crippen molar-refractivity contribution in [2.45, 2.75) is 51.9 Å². The van der Waals surface area contributed by atoms with Crippen LogP contribution in [0.4, 0.5) is 0 Å². The molecule has 2 saturated carbocycles. The van der Waals surface area contributed by atoms with E-state index in [2.05, 4.69) is 0 Å². The molecule has 148 valence electrons. The van der Waals surface area contributed by atoms with Gasteiger partial charge in [-0.25, -0.2) is 0 Å². The molecule has 28 heavy (non-hydrogen) atoms. The minimum absolute atomic E-state index is 0.0269. The van der Waals surface area contributed by atoms with Gasteiger partial charge in [-0.2, -0.15) is 0 Å². The number of benzene rings is 1. The molecule has 1 heterocycles. The molecule has 4 rings (SSSR count). The molecule has 1 aromatic rings. The summed E-state index contributed by atoms with van der Waals surface area (Å²) in [4.78, 5) is 40.2. The highest BCUT2D eigenvalue weighted by molar-refractivity contribution is 8.22. The normalized spacial score (nSPS) is 27.4. The van der Waals surface area contributed by atoms with E-state index in [1.54, 1.807) is 23.5 Å². The lowest BCUT2D eigenvalue weighted by molar-refractivity contribution is -0.151. The lowest BCUT2D eigenvalue weighted by atomic mass is 9.52. The fraction of sp³-hybridized carbons (Fsp3) is 0.522. The van der Waals surface area contributed by atoms with Crippen LogP contribution in [-0.2, 0) is 14.4 Å². The van der Waals surface area contributed by atoms with Gasteiger partial charge in [-0.05, 0) is 35.3 Å². The van der Waals surface area contributed by atoms with Gasteiger partial charge in [-0.15, -0.1) is 23.5 Å². The summed E-state index contributed by atoms with van der Waals surface area (Å²) in [6.45, 7) is 3.99. The molecule has 1 spiro atoms. The zero-order valence-electron chi connectivity index (χ0n) is 16.5. The molecule has 3 nitrogen and oxygen atoms in total. The summed E-state index contributed by atoms with van der Waals surface area (Å²) in [7, 11) is 0. The maximum Gasteiger partial charge on any atom is 0.161 e. The van der Waals surface area contributed by atoms with Crippen LogP contribution in [0.2, 0.25) is 0 Å². The zero-order valence-corrected chi connectivity index (χ0v) is 18.1. The second-order valence-corrected chi connectivity index (χ2v) is 11.4. The number of carbonyl (C=O) groups is 3. The van der Waals surface area contributed by atoms with Gasteiger partial charge in [0.2, 0.25) is 0 Å². The first kappa shape index (κ1) is 20.0. The van der Waals surface area contributed by atoms with Gasteiger partial charge in [0.05, 0.1) is 5.41 Å². The van der Waals surface area contributed by atoms with Gasteiger partial charge in [-0.3, -0.25) is 14.4 Å². The molecule has 1 aliphatic heterocycles. The minimum atomic E-state index is -1.08. The molecule has 3 aliphatic rings. The highest BCUT2D eigenvalue weighted by atomic mass is 32.2. The van der Waals surface area contributed by atoms with E-state index in [0.29, 0.717) is 12.8 Å². The van der Waals surface area contributed by atoms with Crippen molar-refractivity contribution in [1.29, 1.82) is 0 Å². The lowest BCUT2D eigenvalue weighted by Crippen LogP contribution is -2.54. The Labute approximate surface area is 175 Å². The third-order valence-corrected chi connectivity index (χ3v) is 8.96. The van der Waals surface area contributed by atoms with Crippen molar-refractivity contribution in [3.05, 3.63) is 45.7 Å². The molecular formula is C23H26O3S2. The fourth-order valence-corrected chi connectivity index (χ4v) is 7.53. The van der Waals surface area contributed by atoms with E-state index in [4.69, 9.17) is 0 Å². The molecular weight excluding hydrogens is 388 g/mol. The van der Waals surface area contributed by atoms with Gasteiger partial charge in [0.25, 0.3) is 0 Å². The molecule has 0 radical (unpaired) electrons. The van der Waals surface area contributed by atoms with Crippen molar-refractivity contribution in [2.75, 3.05) is 11.5 Å². The number of ketones is 3. The van der Waals surface area contributed by atoms with E-state index < -0.39 is 5.41 Å². The summed E-state index contributed by atoms with van der Waals surface area (Å²) in [5.74, 6) is 1.83. The summed E-state index contributed by atoms with van der Waals surface area (Å²) in [5.41, 5.74) is 0.295. The Kier molecular flexibility index (Phi) is 5.34. The number of hydrogen-bond acceptors (Lipinski definition) is 5. The molecule has 1 saturated heterocycles. The van der Waals surface area contributed by atoms with Crippen LogP contribution in [0.25, 0.3) is 0 Å². The van der Waals surface area contributed by atoms with Crippen LogP contribution in [0.1, 0.15) is 57.4 Å². The Hall–Kier alpha value is -1.33. The van der Waals surface area contributed by atoms with Gasteiger partial charge < -0.3 is 0 Å². The Bertz CT molecular complexity index is 826. The van der Waals surface area contributed by atoms with Crippen molar-refractivity contribution in [3.8, 4) is 0 Å². The Morgan fingerprint density at radius 2 is 1.50 bits per heavy atom. The van der Waals surface area contributed by atoms with Crippen LogP contribution < -0.4 is 0 Å². The maximum atomic E-state index is 13.5. The van der Waals surface area contributed by atoms with Crippen LogP contribution in [0, 0.1) is 10.8 Å². The van der Waals surface area contributed by atoms with Crippen molar-refractivity contribution >= 4 is 40.9 Å². The second-order valence-electron chi connectivity index (χ2n) is 8.92. The van der Waals surface area contributed by atoms with E-state index in [9.17, 15) is 14.4 Å². The third-order valence-electron chi connectivity index (χ3n) is 6.25. The largest absolute Gasteiger partial charge is 0.299 e. The number of hydrogen-bond donors (Lipinski definition) is 0. The van der Waals surface area contributed by atoms with Crippen molar-refractivity contribution in [2.24, 2.45) is 10.8 Å². The van der Waals surface area contributed by atoms with Crippen LogP contribution in [0.15, 0.2) is 40.1 Å². The van der Waals surface area contributed by atoms with E-state index in [1.165, 1.54) is 0 Å². The summed E-state index contributed by atoms with van der Waals surface area (Å²) >= 11 is 3.44. The third kappa shape index (κ3) is 3.41. The van der Waals surface area contributed by atoms with Crippen LogP contribution in [0.5, 0.6) is 0 Å². The van der Waals surface area contributed by atoms with E-state index in [-0.39, 0.29) is 41.5 Å². The Morgan fingerprint density at radius 1 is 0.893 bits per heavy atom. The number of Topliss-reactive ketones (excluding diaryl/α,β-unsaturated/α-hetero) is 3. The highest BCUT2D eigenvalue weighted by Gasteiger charge is 2.59. The Morgan fingerprint density at radius 3 is 2.11 bits per heavy atom. The first-order valence-corrected chi connectivity index (χ1v) is 11.9. The summed E-state index contributed by atoms with van der Waals surface area (Å²) in [5, 5.41) is 0. The quantitative estimate of drug-likeness (QED) is 0.469. The van der Waals surface area contributed by atoms with Gasteiger partial charge in [0, 0.05) is 35.0 Å². The molecule has 0 N–H and O–H groups in total. The molecule has 0 aromatic heterocycles. The van der Waals surface area contributed by atoms with Crippen LogP contribution >= 0.6 is 23.5 Å². The molecule has 1 atom stereocenters. The van der Waals surface area contributed by atoms with Gasteiger partial charge >= 0.3 is 0 Å². The summed E-state index contributed by atoms with van der Waals surface area (Å²) in [6, 6.07) is 9.70. The standard InChI is InChI=1S/C23H26O3S2/c1-22(2)13-19(25)23(20(26)14-22)12-16(21-27-9-6-10-28-21)18(24)11-17(23)15-7-4-3-5-8-15/h3-5,7-8,17H,6,9-14H2,1-2H3.